The van der Waals surface area contributed by atoms with Gasteiger partial charge in [0.2, 0.25) is 0 Å². The van der Waals surface area contributed by atoms with Crippen molar-refractivity contribution >= 4 is 33.7 Å². The third-order valence-electron chi connectivity index (χ3n) is 6.24. The summed E-state index contributed by atoms with van der Waals surface area (Å²) in [5.74, 6) is 2.90. The zero-order chi connectivity index (χ0) is 16.1. The van der Waals surface area contributed by atoms with Gasteiger partial charge < -0.3 is 0 Å². The van der Waals surface area contributed by atoms with Gasteiger partial charge in [0.05, 0.1) is 10.6 Å². The normalized spacial score (nSPS) is 33.8. The first-order chi connectivity index (χ1) is 11.7. The summed E-state index contributed by atoms with van der Waals surface area (Å²) in [7, 11) is 0. The molecule has 126 valence electrons. The number of hydrogen-bond acceptors (Lipinski definition) is 4. The van der Waals surface area contributed by atoms with Crippen molar-refractivity contribution in [3.05, 3.63) is 33.5 Å². The van der Waals surface area contributed by atoms with Crippen LogP contribution in [0, 0.1) is 23.2 Å². The van der Waals surface area contributed by atoms with Crippen LogP contribution in [0.1, 0.15) is 53.9 Å². The molecule has 1 amide bonds. The Balaban J connectivity index is 1.29. The van der Waals surface area contributed by atoms with Crippen molar-refractivity contribution in [2.75, 3.05) is 5.32 Å². The molecule has 2 aromatic heterocycles. The van der Waals surface area contributed by atoms with Gasteiger partial charge in [-0.1, -0.05) is 6.07 Å². The second kappa shape index (κ2) is 5.67. The first-order valence-corrected chi connectivity index (χ1v) is 10.7. The fraction of sp³-hybridized carbons (Fsp3) is 0.579. The van der Waals surface area contributed by atoms with Crippen LogP contribution in [0.2, 0.25) is 0 Å². The van der Waals surface area contributed by atoms with Crippen molar-refractivity contribution in [1.82, 2.24) is 4.98 Å². The maximum Gasteiger partial charge on any atom is 0.267 e. The number of hydrogen-bond donors (Lipinski definition) is 1. The molecule has 0 unspecified atom stereocenters. The number of aromatic nitrogens is 1. The van der Waals surface area contributed by atoms with Crippen LogP contribution in [-0.2, 0) is 6.42 Å². The van der Waals surface area contributed by atoms with E-state index in [2.05, 4.69) is 10.7 Å². The van der Waals surface area contributed by atoms with Gasteiger partial charge in [-0.25, -0.2) is 4.98 Å². The Morgan fingerprint density at radius 1 is 1.17 bits per heavy atom. The van der Waals surface area contributed by atoms with E-state index in [1.54, 1.807) is 11.3 Å². The molecule has 0 spiro atoms. The summed E-state index contributed by atoms with van der Waals surface area (Å²) in [6, 6.07) is 3.75. The molecular formula is C19H22N2OS2. The smallest absolute Gasteiger partial charge is 0.267 e. The van der Waals surface area contributed by atoms with Gasteiger partial charge in [-0.3, -0.25) is 10.1 Å². The van der Waals surface area contributed by atoms with Crippen LogP contribution in [0.5, 0.6) is 0 Å². The highest BCUT2D eigenvalue weighted by Gasteiger charge is 2.50. The number of thiophene rings is 1. The lowest BCUT2D eigenvalue weighted by Crippen LogP contribution is -2.47. The molecule has 2 aromatic rings. The fourth-order valence-corrected chi connectivity index (χ4v) is 7.23. The molecule has 4 aliphatic rings. The van der Waals surface area contributed by atoms with Crippen LogP contribution in [-0.4, -0.2) is 10.9 Å². The van der Waals surface area contributed by atoms with Gasteiger partial charge in [-0.05, 0) is 79.6 Å². The van der Waals surface area contributed by atoms with Gasteiger partial charge in [-0.15, -0.1) is 22.7 Å². The van der Waals surface area contributed by atoms with E-state index in [4.69, 9.17) is 4.98 Å². The van der Waals surface area contributed by atoms with E-state index >= 15 is 0 Å². The Kier molecular flexibility index (Phi) is 3.56. The number of amides is 1. The number of nitrogens with zero attached hydrogens (tertiary/aromatic N) is 1. The van der Waals surface area contributed by atoms with Gasteiger partial charge in [0.15, 0.2) is 5.13 Å². The van der Waals surface area contributed by atoms with Gasteiger partial charge in [0, 0.05) is 5.38 Å². The maximum absolute atomic E-state index is 12.2. The summed E-state index contributed by atoms with van der Waals surface area (Å²) in [6.07, 6.45) is 9.80. The van der Waals surface area contributed by atoms with Crippen molar-refractivity contribution < 1.29 is 4.79 Å². The monoisotopic (exact) mass is 358 g/mol. The molecule has 4 aliphatic carbocycles. The van der Waals surface area contributed by atoms with E-state index in [0.717, 1.165) is 34.2 Å². The van der Waals surface area contributed by atoms with Crippen LogP contribution < -0.4 is 5.32 Å². The molecule has 0 radical (unpaired) electrons. The molecule has 1 N–H and O–H groups in total. The highest BCUT2D eigenvalue weighted by molar-refractivity contribution is 7.14. The van der Waals surface area contributed by atoms with E-state index in [9.17, 15) is 4.79 Å². The molecule has 4 saturated carbocycles. The molecule has 3 nitrogen and oxygen atoms in total. The van der Waals surface area contributed by atoms with E-state index < -0.39 is 0 Å². The molecule has 24 heavy (non-hydrogen) atoms. The SMILES string of the molecule is O=C(Nc1nc(CC23CC4CC(CC(C4)C2)C3)cs1)c1cccs1. The zero-order valence-electron chi connectivity index (χ0n) is 13.7. The minimum Gasteiger partial charge on any atom is -0.297 e. The lowest BCUT2D eigenvalue weighted by atomic mass is 9.48. The van der Waals surface area contributed by atoms with Crippen LogP contribution in [0.25, 0.3) is 0 Å². The molecule has 5 heteroatoms. The predicted molar refractivity (Wildman–Crippen MR) is 98.7 cm³/mol. The van der Waals surface area contributed by atoms with Crippen LogP contribution >= 0.6 is 22.7 Å². The number of anilines is 1. The number of carbonyl (C=O) groups is 1. The first-order valence-electron chi connectivity index (χ1n) is 8.97. The number of carbonyl (C=O) groups excluding carboxylic acids is 1. The van der Waals surface area contributed by atoms with Crippen LogP contribution in [0.3, 0.4) is 0 Å². The van der Waals surface area contributed by atoms with Gasteiger partial charge in [0.1, 0.15) is 0 Å². The lowest BCUT2D eigenvalue weighted by molar-refractivity contribution is -0.0525. The summed E-state index contributed by atoms with van der Waals surface area (Å²) >= 11 is 3.03. The topological polar surface area (TPSA) is 42.0 Å². The Bertz CT molecular complexity index is 714. The highest BCUT2D eigenvalue weighted by Crippen LogP contribution is 2.61. The average molecular weight is 359 g/mol. The van der Waals surface area contributed by atoms with E-state index in [1.807, 2.05) is 17.5 Å². The largest absolute Gasteiger partial charge is 0.297 e. The summed E-state index contributed by atoms with van der Waals surface area (Å²) in [5.41, 5.74) is 1.70. The molecule has 0 saturated heterocycles. The van der Waals surface area contributed by atoms with Gasteiger partial charge in [0.25, 0.3) is 5.91 Å². The summed E-state index contributed by atoms with van der Waals surface area (Å²) < 4.78 is 0. The highest BCUT2D eigenvalue weighted by atomic mass is 32.1. The Hall–Kier alpha value is -1.20. The Morgan fingerprint density at radius 2 is 1.88 bits per heavy atom. The molecular weight excluding hydrogens is 336 g/mol. The quantitative estimate of drug-likeness (QED) is 0.814. The summed E-state index contributed by atoms with van der Waals surface area (Å²) in [6.45, 7) is 0. The lowest BCUT2D eigenvalue weighted by Gasteiger charge is -2.56. The van der Waals surface area contributed by atoms with Crippen molar-refractivity contribution in [2.24, 2.45) is 23.2 Å². The third kappa shape index (κ3) is 2.72. The number of rotatable bonds is 4. The first kappa shape index (κ1) is 15.1. The standard InChI is InChI=1S/C19H22N2OS2/c22-17(16-2-1-3-23-16)21-18-20-15(11-24-18)10-19-7-12-4-13(8-19)6-14(5-12)9-19/h1-3,11-14H,4-10H2,(H,20,21,22). The van der Waals surface area contributed by atoms with Crippen LogP contribution in [0.4, 0.5) is 5.13 Å². The number of nitrogens with one attached hydrogen (secondary N) is 1. The molecule has 2 heterocycles. The summed E-state index contributed by atoms with van der Waals surface area (Å²) in [5, 5.41) is 7.78. The minimum absolute atomic E-state index is 0.0410. The number of thiazole rings is 1. The molecule has 6 rings (SSSR count). The average Bonchev–Trinajstić information content (AvgIpc) is 3.17. The Morgan fingerprint density at radius 3 is 2.50 bits per heavy atom. The van der Waals surface area contributed by atoms with Crippen molar-refractivity contribution in [1.29, 1.82) is 0 Å². The van der Waals surface area contributed by atoms with Crippen LogP contribution in [0.15, 0.2) is 22.9 Å². The molecule has 0 atom stereocenters. The van der Waals surface area contributed by atoms with E-state index in [0.29, 0.717) is 5.41 Å². The van der Waals surface area contributed by atoms with Crippen molar-refractivity contribution in [2.45, 2.75) is 44.9 Å². The maximum atomic E-state index is 12.2. The van der Waals surface area contributed by atoms with E-state index in [-0.39, 0.29) is 5.91 Å². The second-order valence-corrected chi connectivity index (χ2v) is 9.98. The molecule has 0 aromatic carbocycles. The van der Waals surface area contributed by atoms with E-state index in [1.165, 1.54) is 55.6 Å². The van der Waals surface area contributed by atoms with Gasteiger partial charge in [-0.2, -0.15) is 0 Å². The third-order valence-corrected chi connectivity index (χ3v) is 7.91. The fourth-order valence-electron chi connectivity index (χ4n) is 5.90. The summed E-state index contributed by atoms with van der Waals surface area (Å²) in [4.78, 5) is 17.6. The zero-order valence-corrected chi connectivity index (χ0v) is 15.3. The minimum atomic E-state index is -0.0410. The predicted octanol–water partition coefficient (Wildman–Crippen LogP) is 5.22. The Labute approximate surface area is 150 Å². The van der Waals surface area contributed by atoms with Crippen molar-refractivity contribution in [3.8, 4) is 0 Å². The molecule has 4 bridgehead atoms. The second-order valence-electron chi connectivity index (χ2n) is 8.17. The molecule has 4 fully saturated rings. The molecule has 0 aliphatic heterocycles. The van der Waals surface area contributed by atoms with Gasteiger partial charge >= 0.3 is 0 Å². The van der Waals surface area contributed by atoms with Crippen molar-refractivity contribution in [3.63, 3.8) is 0 Å².